The molecule has 1 atom stereocenters. The van der Waals surface area contributed by atoms with Crippen LogP contribution in [0, 0.1) is 0 Å². The number of rotatable bonds is 1. The number of alkyl halides is 3. The maximum Gasteiger partial charge on any atom is 0.412 e. The Kier molecular flexibility index (Phi) is 1.63. The second-order valence-electron chi connectivity index (χ2n) is 3.12. The van der Waals surface area contributed by atoms with E-state index in [9.17, 15) is 13.2 Å². The third kappa shape index (κ3) is 1.21. The Morgan fingerprint density at radius 3 is 2.08 bits per heavy atom. The van der Waals surface area contributed by atoms with Crippen molar-refractivity contribution in [1.29, 1.82) is 0 Å². The Morgan fingerprint density at radius 2 is 1.69 bits per heavy atom. The zero-order valence-electron chi connectivity index (χ0n) is 6.73. The minimum absolute atomic E-state index is 0.0134. The van der Waals surface area contributed by atoms with Gasteiger partial charge < -0.3 is 0 Å². The summed E-state index contributed by atoms with van der Waals surface area (Å²) in [6.45, 7) is -0.0134. The highest BCUT2D eigenvalue weighted by Crippen LogP contribution is 2.45. The number of benzene rings is 1. The van der Waals surface area contributed by atoms with Crippen LogP contribution in [0.5, 0.6) is 0 Å². The van der Waals surface area contributed by atoms with Crippen LogP contribution in [0.25, 0.3) is 0 Å². The third-order valence-electron chi connectivity index (χ3n) is 2.28. The summed E-state index contributed by atoms with van der Waals surface area (Å²) in [5.74, 6) is 0. The largest absolute Gasteiger partial charge is 0.412 e. The molecule has 1 aromatic carbocycles. The molecule has 1 nitrogen and oxygen atoms in total. The Balaban J connectivity index is 2.37. The highest BCUT2D eigenvalue weighted by molar-refractivity contribution is 5.33. The fourth-order valence-electron chi connectivity index (χ4n) is 1.38. The van der Waals surface area contributed by atoms with Crippen molar-refractivity contribution < 1.29 is 13.2 Å². The number of hydrogen-bond donors (Lipinski definition) is 1. The molecule has 1 unspecified atom stereocenters. The molecule has 0 aliphatic carbocycles. The molecule has 1 aliphatic rings. The summed E-state index contributed by atoms with van der Waals surface area (Å²) in [5, 5.41) is 2.38. The van der Waals surface area contributed by atoms with Crippen LogP contribution in [0.1, 0.15) is 5.56 Å². The maximum atomic E-state index is 12.5. The van der Waals surface area contributed by atoms with Crippen LogP contribution in [0.2, 0.25) is 0 Å². The first-order chi connectivity index (χ1) is 6.06. The van der Waals surface area contributed by atoms with Gasteiger partial charge in [-0.05, 0) is 5.56 Å². The van der Waals surface area contributed by atoms with Gasteiger partial charge in [0.05, 0.1) is 0 Å². The van der Waals surface area contributed by atoms with E-state index in [0.717, 1.165) is 0 Å². The van der Waals surface area contributed by atoms with Crippen molar-refractivity contribution in [3.63, 3.8) is 0 Å². The first-order valence-corrected chi connectivity index (χ1v) is 3.93. The van der Waals surface area contributed by atoms with Crippen LogP contribution < -0.4 is 5.32 Å². The average Bonchev–Trinajstić information content (AvgIpc) is 2.84. The second kappa shape index (κ2) is 2.48. The lowest BCUT2D eigenvalue weighted by atomic mass is 9.99. The summed E-state index contributed by atoms with van der Waals surface area (Å²) >= 11 is 0. The fraction of sp³-hybridized carbons (Fsp3) is 0.333. The van der Waals surface area contributed by atoms with Gasteiger partial charge in [0.15, 0.2) is 5.54 Å². The zero-order chi connectivity index (χ0) is 9.53. The summed E-state index contributed by atoms with van der Waals surface area (Å²) in [6, 6.07) is 7.92. The van der Waals surface area contributed by atoms with Gasteiger partial charge in [0.1, 0.15) is 0 Å². The minimum atomic E-state index is -4.20. The summed E-state index contributed by atoms with van der Waals surface area (Å²) in [6.07, 6.45) is -4.20. The molecule has 0 aromatic heterocycles. The number of halogens is 3. The van der Waals surface area contributed by atoms with E-state index in [1.54, 1.807) is 18.2 Å². The molecule has 1 saturated heterocycles. The van der Waals surface area contributed by atoms with Crippen molar-refractivity contribution in [2.45, 2.75) is 11.7 Å². The predicted octanol–water partition coefficient (Wildman–Crippen LogP) is 2.05. The molecule has 1 aliphatic heterocycles. The predicted molar refractivity (Wildman–Crippen MR) is 42.2 cm³/mol. The molecule has 13 heavy (non-hydrogen) atoms. The van der Waals surface area contributed by atoms with Crippen LogP contribution in [0.15, 0.2) is 30.3 Å². The normalized spacial score (nSPS) is 27.3. The third-order valence-corrected chi connectivity index (χ3v) is 2.28. The Morgan fingerprint density at radius 1 is 1.15 bits per heavy atom. The zero-order valence-corrected chi connectivity index (χ0v) is 6.73. The first kappa shape index (κ1) is 8.56. The van der Waals surface area contributed by atoms with Gasteiger partial charge in [-0.2, -0.15) is 13.2 Å². The molecule has 1 aromatic rings. The topological polar surface area (TPSA) is 21.9 Å². The number of hydrogen-bond acceptors (Lipinski definition) is 1. The molecular formula is C9H8F3N. The second-order valence-corrected chi connectivity index (χ2v) is 3.12. The average molecular weight is 187 g/mol. The van der Waals surface area contributed by atoms with E-state index < -0.39 is 11.7 Å². The molecule has 0 bridgehead atoms. The summed E-state index contributed by atoms with van der Waals surface area (Å²) in [5.41, 5.74) is -1.48. The van der Waals surface area contributed by atoms with Gasteiger partial charge in [-0.1, -0.05) is 30.3 Å². The van der Waals surface area contributed by atoms with Crippen molar-refractivity contribution in [2.75, 3.05) is 6.54 Å². The lowest BCUT2D eigenvalue weighted by Gasteiger charge is -2.17. The molecule has 1 fully saturated rings. The molecule has 70 valence electrons. The van der Waals surface area contributed by atoms with Gasteiger partial charge in [-0.3, -0.25) is 5.32 Å². The van der Waals surface area contributed by atoms with Crippen LogP contribution in [0.3, 0.4) is 0 Å². The maximum absolute atomic E-state index is 12.5. The van der Waals surface area contributed by atoms with Gasteiger partial charge >= 0.3 is 6.18 Å². The Bertz CT molecular complexity index is 300. The minimum Gasteiger partial charge on any atom is -0.296 e. The van der Waals surface area contributed by atoms with Gasteiger partial charge in [-0.25, -0.2) is 0 Å². The summed E-state index contributed by atoms with van der Waals surface area (Å²) in [7, 11) is 0. The van der Waals surface area contributed by atoms with Gasteiger partial charge in [0.2, 0.25) is 0 Å². The molecule has 1 N–H and O–H groups in total. The van der Waals surface area contributed by atoms with E-state index in [2.05, 4.69) is 5.32 Å². The van der Waals surface area contributed by atoms with Crippen LogP contribution in [-0.2, 0) is 5.54 Å². The van der Waals surface area contributed by atoms with Crippen LogP contribution in [-0.4, -0.2) is 12.7 Å². The van der Waals surface area contributed by atoms with Crippen molar-refractivity contribution in [1.82, 2.24) is 5.32 Å². The smallest absolute Gasteiger partial charge is 0.296 e. The van der Waals surface area contributed by atoms with E-state index in [0.29, 0.717) is 5.56 Å². The number of nitrogens with one attached hydrogen (secondary N) is 1. The molecule has 0 spiro atoms. The molecule has 1 heterocycles. The Labute approximate surface area is 73.6 Å². The molecule has 2 rings (SSSR count). The fourth-order valence-corrected chi connectivity index (χ4v) is 1.38. The molecule has 0 saturated carbocycles. The molecule has 0 radical (unpaired) electrons. The van der Waals surface area contributed by atoms with E-state index in [1.165, 1.54) is 12.1 Å². The SMILES string of the molecule is FC(F)(F)C1(c2ccccc2)CN1. The standard InChI is InChI=1S/C9H8F3N/c10-9(11,12)8(6-13-8)7-4-2-1-3-5-7/h1-5,13H,6H2. The van der Waals surface area contributed by atoms with Crippen molar-refractivity contribution in [3.05, 3.63) is 35.9 Å². The summed E-state index contributed by atoms with van der Waals surface area (Å²) in [4.78, 5) is 0. The first-order valence-electron chi connectivity index (χ1n) is 3.93. The van der Waals surface area contributed by atoms with Crippen LogP contribution in [0.4, 0.5) is 13.2 Å². The monoisotopic (exact) mass is 187 g/mol. The molecular weight excluding hydrogens is 179 g/mol. The van der Waals surface area contributed by atoms with E-state index in [1.807, 2.05) is 0 Å². The van der Waals surface area contributed by atoms with E-state index in [4.69, 9.17) is 0 Å². The van der Waals surface area contributed by atoms with Crippen molar-refractivity contribution in [3.8, 4) is 0 Å². The summed E-state index contributed by atoms with van der Waals surface area (Å²) < 4.78 is 37.6. The lowest BCUT2D eigenvalue weighted by Crippen LogP contribution is -2.33. The molecule has 4 heteroatoms. The van der Waals surface area contributed by atoms with Gasteiger partial charge in [-0.15, -0.1) is 0 Å². The van der Waals surface area contributed by atoms with E-state index in [-0.39, 0.29) is 6.54 Å². The van der Waals surface area contributed by atoms with Crippen molar-refractivity contribution >= 4 is 0 Å². The molecule has 0 amide bonds. The van der Waals surface area contributed by atoms with Gasteiger partial charge in [0.25, 0.3) is 0 Å². The highest BCUT2D eigenvalue weighted by Gasteiger charge is 2.64. The Hall–Kier alpha value is -1.03. The quantitative estimate of drug-likeness (QED) is 0.668. The van der Waals surface area contributed by atoms with Gasteiger partial charge in [0, 0.05) is 6.54 Å². The van der Waals surface area contributed by atoms with Crippen molar-refractivity contribution in [2.24, 2.45) is 0 Å². The highest BCUT2D eigenvalue weighted by atomic mass is 19.4. The van der Waals surface area contributed by atoms with E-state index >= 15 is 0 Å². The van der Waals surface area contributed by atoms with Crippen LogP contribution >= 0.6 is 0 Å². The lowest BCUT2D eigenvalue weighted by molar-refractivity contribution is -0.161.